The minimum Gasteiger partial charge on any atom is -0.306 e. The quantitative estimate of drug-likeness (QED) is 0.322. The molecule has 0 unspecified atom stereocenters. The number of hydroxylamine groups is 4. The van der Waals surface area contributed by atoms with E-state index in [0.29, 0.717) is 16.5 Å². The molecule has 0 heterocycles. The lowest BCUT2D eigenvalue weighted by Crippen LogP contribution is -2.29. The smallest absolute Gasteiger partial charge is 0.306 e. The van der Waals surface area contributed by atoms with Crippen LogP contribution in [0.4, 0.5) is 21.0 Å². The van der Waals surface area contributed by atoms with Crippen LogP contribution >= 0.6 is 0 Å². The van der Waals surface area contributed by atoms with Crippen molar-refractivity contribution in [2.24, 2.45) is 0 Å². The highest BCUT2D eigenvalue weighted by Crippen LogP contribution is 2.29. The largest absolute Gasteiger partial charge is 0.345 e. The summed E-state index contributed by atoms with van der Waals surface area (Å²) in [7, 11) is 2.59. The van der Waals surface area contributed by atoms with E-state index in [2.05, 4.69) is 34.9 Å². The Morgan fingerprint density at radius 1 is 0.667 bits per heavy atom. The number of anilines is 2. The third-order valence-corrected chi connectivity index (χ3v) is 5.71. The van der Waals surface area contributed by atoms with Crippen LogP contribution < -0.4 is 10.6 Å². The normalized spacial score (nSPS) is 10.7. The average molecular weight is 457 g/mol. The van der Waals surface area contributed by atoms with Gasteiger partial charge in [0.25, 0.3) is 0 Å². The topological polar surface area (TPSA) is 105 Å². The molecule has 4 amide bonds. The summed E-state index contributed by atoms with van der Waals surface area (Å²) in [5, 5.41) is 25.6. The highest BCUT2D eigenvalue weighted by atomic mass is 16.5. The molecule has 0 aliphatic carbocycles. The minimum atomic E-state index is -0.571. The number of carbonyl (C=O) groups excluding carboxylic acids is 2. The van der Waals surface area contributed by atoms with E-state index in [4.69, 9.17) is 0 Å². The van der Waals surface area contributed by atoms with Gasteiger partial charge >= 0.3 is 12.1 Å². The summed E-state index contributed by atoms with van der Waals surface area (Å²) < 4.78 is 0. The highest BCUT2D eigenvalue weighted by molar-refractivity contribution is 5.91. The molecule has 0 bridgehead atoms. The zero-order valence-electron chi connectivity index (χ0n) is 20.5. The number of nitrogens with one attached hydrogen (secondary N) is 2. The first-order valence-electron chi connectivity index (χ1n) is 11.4. The molecule has 0 saturated carbocycles. The van der Waals surface area contributed by atoms with E-state index in [1.54, 1.807) is 0 Å². The van der Waals surface area contributed by atoms with E-state index >= 15 is 0 Å². The maximum Gasteiger partial charge on any atom is 0.345 e. The predicted molar refractivity (Wildman–Crippen MR) is 130 cm³/mol. The second-order valence-electron chi connectivity index (χ2n) is 8.08. The number of benzene rings is 2. The Labute approximate surface area is 196 Å². The number of amides is 4. The van der Waals surface area contributed by atoms with Crippen molar-refractivity contribution in [3.05, 3.63) is 57.6 Å². The van der Waals surface area contributed by atoms with Crippen molar-refractivity contribution in [3.8, 4) is 0 Å². The Morgan fingerprint density at radius 2 is 0.939 bits per heavy atom. The van der Waals surface area contributed by atoms with Crippen molar-refractivity contribution in [3.63, 3.8) is 0 Å². The van der Waals surface area contributed by atoms with Crippen LogP contribution in [-0.2, 0) is 32.1 Å². The summed E-state index contributed by atoms with van der Waals surface area (Å²) in [4.78, 5) is 24.1. The summed E-state index contributed by atoms with van der Waals surface area (Å²) in [5.74, 6) is 0. The predicted octanol–water partition coefficient (Wildman–Crippen LogP) is 5.23. The molecule has 2 rings (SSSR count). The summed E-state index contributed by atoms with van der Waals surface area (Å²) in [6.45, 7) is 8.15. The number of urea groups is 2. The molecule has 0 aliphatic rings. The minimum absolute atomic E-state index is 0.542. The second-order valence-corrected chi connectivity index (χ2v) is 8.08. The van der Waals surface area contributed by atoms with Gasteiger partial charge in [-0.25, -0.2) is 19.7 Å². The first-order valence-corrected chi connectivity index (χ1v) is 11.4. The van der Waals surface area contributed by atoms with Crippen LogP contribution in [0, 0.1) is 0 Å². The number of carbonyl (C=O) groups is 2. The van der Waals surface area contributed by atoms with E-state index < -0.39 is 12.1 Å². The third kappa shape index (κ3) is 6.46. The number of rotatable bonds is 8. The van der Waals surface area contributed by atoms with Crippen LogP contribution in [0.5, 0.6) is 0 Å². The Balaban J connectivity index is 2.45. The van der Waals surface area contributed by atoms with Gasteiger partial charge < -0.3 is 10.6 Å². The first kappa shape index (κ1) is 26.2. The summed E-state index contributed by atoms with van der Waals surface area (Å²) in [5.41, 5.74) is 7.84. The number of nitrogens with zero attached hydrogens (tertiary/aromatic N) is 2. The lowest BCUT2D eigenvalue weighted by molar-refractivity contribution is -0.0118. The van der Waals surface area contributed by atoms with E-state index in [0.717, 1.165) is 70.4 Å². The number of hydrogen-bond donors (Lipinski definition) is 4. The molecule has 0 atom stereocenters. The molecule has 0 aliphatic heterocycles. The fourth-order valence-corrected chi connectivity index (χ4v) is 3.93. The van der Waals surface area contributed by atoms with Gasteiger partial charge in [0.15, 0.2) is 0 Å². The standard InChI is InChI=1S/C25H36N4O4/c1-7-18-12-16(13-19(8-2)22(18)26-24(30)28(5)32)11-17-14-20(9-3)23(21(10-4)15-17)27-25(31)29(6)33/h12-15,32-33H,7-11H2,1-6H3,(H,26,30)(H,27,31). The first-order chi connectivity index (χ1) is 15.6. The van der Waals surface area contributed by atoms with Gasteiger partial charge in [-0.2, -0.15) is 0 Å². The molecule has 8 heteroatoms. The molecule has 0 spiro atoms. The lowest BCUT2D eigenvalue weighted by atomic mass is 9.92. The number of aryl methyl sites for hydroxylation is 4. The van der Waals surface area contributed by atoms with E-state index in [-0.39, 0.29) is 0 Å². The molecule has 0 saturated heterocycles. The SMILES string of the molecule is CCc1cc(Cc2cc(CC)c(NC(=O)N(C)O)c(CC)c2)cc(CC)c1NC(=O)N(C)O. The molecule has 8 nitrogen and oxygen atoms in total. The second kappa shape index (κ2) is 11.7. The molecule has 2 aromatic carbocycles. The molecule has 0 radical (unpaired) electrons. The van der Waals surface area contributed by atoms with Gasteiger partial charge in [-0.3, -0.25) is 10.4 Å². The molecule has 2 aromatic rings. The van der Waals surface area contributed by atoms with E-state index in [1.807, 2.05) is 27.7 Å². The van der Waals surface area contributed by atoms with Crippen molar-refractivity contribution in [1.82, 2.24) is 10.1 Å². The van der Waals surface area contributed by atoms with Crippen LogP contribution in [0.25, 0.3) is 0 Å². The van der Waals surface area contributed by atoms with Gasteiger partial charge in [-0.15, -0.1) is 0 Å². The highest BCUT2D eigenvalue weighted by Gasteiger charge is 2.17. The molecule has 0 aromatic heterocycles. The van der Waals surface area contributed by atoms with Gasteiger partial charge in [0.05, 0.1) is 0 Å². The fourth-order valence-electron chi connectivity index (χ4n) is 3.93. The Kier molecular flexibility index (Phi) is 9.25. The van der Waals surface area contributed by atoms with Crippen molar-refractivity contribution < 1.29 is 20.0 Å². The van der Waals surface area contributed by atoms with Crippen LogP contribution in [0.15, 0.2) is 24.3 Å². The molecular weight excluding hydrogens is 420 g/mol. The van der Waals surface area contributed by atoms with Crippen molar-refractivity contribution in [2.45, 2.75) is 59.8 Å². The molecule has 0 fully saturated rings. The van der Waals surface area contributed by atoms with Crippen LogP contribution in [0.1, 0.15) is 61.1 Å². The number of hydrogen-bond acceptors (Lipinski definition) is 4. The zero-order chi connectivity index (χ0) is 24.7. The fraction of sp³-hybridized carbons (Fsp3) is 0.440. The van der Waals surface area contributed by atoms with Gasteiger partial charge in [-0.05, 0) is 65.5 Å². The Morgan fingerprint density at radius 3 is 1.15 bits per heavy atom. The van der Waals surface area contributed by atoms with Gasteiger partial charge in [0.1, 0.15) is 0 Å². The molecule has 4 N–H and O–H groups in total. The summed E-state index contributed by atoms with van der Waals surface area (Å²) in [6, 6.07) is 7.25. The van der Waals surface area contributed by atoms with Crippen molar-refractivity contribution in [1.29, 1.82) is 0 Å². The van der Waals surface area contributed by atoms with Crippen LogP contribution in [0.3, 0.4) is 0 Å². The molecular formula is C25H36N4O4. The van der Waals surface area contributed by atoms with Crippen LogP contribution in [0.2, 0.25) is 0 Å². The average Bonchev–Trinajstić information content (AvgIpc) is 2.79. The summed E-state index contributed by atoms with van der Waals surface area (Å²) in [6.07, 6.45) is 3.68. The van der Waals surface area contributed by atoms with Crippen LogP contribution in [-0.4, -0.2) is 46.7 Å². The summed E-state index contributed by atoms with van der Waals surface area (Å²) >= 11 is 0. The molecule has 33 heavy (non-hydrogen) atoms. The van der Waals surface area contributed by atoms with Gasteiger partial charge in [0.2, 0.25) is 0 Å². The Bertz CT molecular complexity index is 872. The van der Waals surface area contributed by atoms with Gasteiger partial charge in [-0.1, -0.05) is 52.0 Å². The maximum atomic E-state index is 12.0. The monoisotopic (exact) mass is 456 g/mol. The van der Waals surface area contributed by atoms with E-state index in [1.165, 1.54) is 14.1 Å². The van der Waals surface area contributed by atoms with Crippen molar-refractivity contribution >= 4 is 23.4 Å². The van der Waals surface area contributed by atoms with E-state index in [9.17, 15) is 20.0 Å². The Hall–Kier alpha value is -3.10. The zero-order valence-corrected chi connectivity index (χ0v) is 20.5. The van der Waals surface area contributed by atoms with Gasteiger partial charge in [0, 0.05) is 25.5 Å². The molecule has 180 valence electrons. The van der Waals surface area contributed by atoms with Crippen molar-refractivity contribution in [2.75, 3.05) is 24.7 Å². The maximum absolute atomic E-state index is 12.0. The lowest BCUT2D eigenvalue weighted by Gasteiger charge is -2.20. The third-order valence-electron chi connectivity index (χ3n) is 5.71.